The number of anilines is 2. The van der Waals surface area contributed by atoms with E-state index < -0.39 is 21.5 Å². The Morgan fingerprint density at radius 1 is 1.02 bits per heavy atom. The van der Waals surface area contributed by atoms with Crippen molar-refractivity contribution < 1.29 is 32.2 Å². The highest BCUT2D eigenvalue weighted by Crippen LogP contribution is 2.39. The van der Waals surface area contributed by atoms with Gasteiger partial charge in [-0.15, -0.1) is 0 Å². The lowest BCUT2D eigenvalue weighted by Crippen LogP contribution is -2.35. The van der Waals surface area contributed by atoms with Gasteiger partial charge in [0.2, 0.25) is 15.9 Å². The summed E-state index contributed by atoms with van der Waals surface area (Å²) in [4.78, 5) is 36.4. The minimum atomic E-state index is -3.62. The third kappa shape index (κ3) is 9.80. The van der Waals surface area contributed by atoms with Gasteiger partial charge in [0.15, 0.2) is 5.75 Å². The number of sulfonamides is 1. The highest BCUT2D eigenvalue weighted by Gasteiger charge is 2.30. The number of methoxy groups -OCH3 is 1. The van der Waals surface area contributed by atoms with Crippen LogP contribution in [-0.4, -0.2) is 67.3 Å². The summed E-state index contributed by atoms with van der Waals surface area (Å²) in [6.45, 7) is 14.6. The van der Waals surface area contributed by atoms with Crippen molar-refractivity contribution in [1.82, 2.24) is 14.9 Å². The van der Waals surface area contributed by atoms with Gasteiger partial charge in [-0.25, -0.2) is 23.2 Å². The van der Waals surface area contributed by atoms with Crippen molar-refractivity contribution in [2.24, 2.45) is 5.92 Å². The maximum Gasteiger partial charge on any atom is 0.410 e. The number of ether oxygens (including phenoxy) is 3. The van der Waals surface area contributed by atoms with Crippen molar-refractivity contribution in [1.29, 1.82) is 0 Å². The number of aromatic nitrogens is 2. The van der Waals surface area contributed by atoms with E-state index in [1.165, 1.54) is 13.4 Å². The quantitative estimate of drug-likeness (QED) is 0.268. The number of carbonyl (C=O) groups is 2. The fourth-order valence-corrected chi connectivity index (χ4v) is 5.69. The predicted octanol–water partition coefficient (Wildman–Crippen LogP) is 6.31. The molecule has 1 aliphatic rings. The van der Waals surface area contributed by atoms with Gasteiger partial charge >= 0.3 is 6.09 Å². The highest BCUT2D eigenvalue weighted by molar-refractivity contribution is 7.92. The van der Waals surface area contributed by atoms with Crippen molar-refractivity contribution in [2.45, 2.75) is 72.3 Å². The molecule has 4 rings (SSSR count). The van der Waals surface area contributed by atoms with Crippen LogP contribution < -0.4 is 19.5 Å². The van der Waals surface area contributed by atoms with Crippen molar-refractivity contribution in [3.05, 3.63) is 65.1 Å². The van der Waals surface area contributed by atoms with Crippen LogP contribution in [0.15, 0.2) is 42.7 Å². The molecule has 1 saturated heterocycles. The van der Waals surface area contributed by atoms with E-state index in [4.69, 9.17) is 14.2 Å². The number of rotatable bonds is 9. The molecule has 12 nitrogen and oxygen atoms in total. The fourth-order valence-electron chi connectivity index (χ4n) is 5.14. The molecule has 1 atom stereocenters. The Hall–Kier alpha value is -4.39. The summed E-state index contributed by atoms with van der Waals surface area (Å²) < 4.78 is 43.9. The van der Waals surface area contributed by atoms with Crippen LogP contribution in [0.5, 0.6) is 17.4 Å². The highest BCUT2D eigenvalue weighted by atomic mass is 32.2. The van der Waals surface area contributed by atoms with E-state index in [1.807, 2.05) is 48.5 Å². The zero-order chi connectivity index (χ0) is 34.7. The molecule has 1 aromatic heterocycles. The summed E-state index contributed by atoms with van der Waals surface area (Å²) in [7, 11) is -2.21. The number of carbonyl (C=O) groups excluding carboxylic acids is 2. The number of nitrogens with zero attached hydrogens (tertiary/aromatic N) is 3. The lowest BCUT2D eigenvalue weighted by Gasteiger charge is -2.24. The second-order valence-corrected chi connectivity index (χ2v) is 15.6. The van der Waals surface area contributed by atoms with Gasteiger partial charge in [0.1, 0.15) is 17.7 Å². The second-order valence-electron chi connectivity index (χ2n) is 13.9. The zero-order valence-electron chi connectivity index (χ0n) is 28.6. The molecule has 3 aromatic rings. The number of nitrogens with one attached hydrogen (secondary N) is 2. The molecule has 0 aliphatic carbocycles. The topological polar surface area (TPSA) is 149 Å². The number of hydrogen-bond donors (Lipinski definition) is 2. The van der Waals surface area contributed by atoms with Crippen LogP contribution in [0.4, 0.5) is 16.2 Å². The summed E-state index contributed by atoms with van der Waals surface area (Å²) in [6.07, 6.45) is 3.67. The first-order valence-electron chi connectivity index (χ1n) is 15.4. The molecule has 13 heteroatoms. The molecule has 1 unspecified atom stereocenters. The van der Waals surface area contributed by atoms with E-state index in [-0.39, 0.29) is 28.9 Å². The summed E-state index contributed by atoms with van der Waals surface area (Å²) in [5.41, 5.74) is 2.32. The number of aryl methyl sites for hydroxylation is 1. The fraction of sp³-hybridized carbons (Fsp3) is 0.471. The standard InChI is InChI=1S/C34H45N5O7S/c1-21-10-11-23(31(40)37-26-16-24(33(2,3)4)17-27(30(26)44-8)38-47(9,42)43)15-28(21)45-29-18-25(35-20-36-29)14-22-12-13-39(19-22)32(41)46-34(5,6)7/h10-11,15-18,20,22,38H,12-14,19H2,1-9H3,(H,37,40). The van der Waals surface area contributed by atoms with Gasteiger partial charge in [0.25, 0.3) is 5.91 Å². The van der Waals surface area contributed by atoms with Crippen LogP contribution in [0.3, 0.4) is 0 Å². The van der Waals surface area contributed by atoms with Gasteiger partial charge in [-0.3, -0.25) is 9.52 Å². The normalized spacial score (nSPS) is 15.3. The molecule has 0 bridgehead atoms. The Morgan fingerprint density at radius 2 is 1.72 bits per heavy atom. The van der Waals surface area contributed by atoms with E-state index in [0.29, 0.717) is 42.4 Å². The molecule has 2 heterocycles. The van der Waals surface area contributed by atoms with Crippen molar-refractivity contribution in [3.63, 3.8) is 0 Å². The minimum Gasteiger partial charge on any atom is -0.492 e. The molecule has 0 radical (unpaired) electrons. The van der Waals surface area contributed by atoms with E-state index in [0.717, 1.165) is 29.5 Å². The summed E-state index contributed by atoms with van der Waals surface area (Å²) in [6, 6.07) is 10.3. The molecule has 47 heavy (non-hydrogen) atoms. The Kier molecular flexibility index (Phi) is 10.4. The maximum atomic E-state index is 13.5. The minimum absolute atomic E-state index is 0.186. The largest absolute Gasteiger partial charge is 0.492 e. The molecule has 254 valence electrons. The summed E-state index contributed by atoms with van der Waals surface area (Å²) >= 11 is 0. The summed E-state index contributed by atoms with van der Waals surface area (Å²) in [5.74, 6) is 0.734. The van der Waals surface area contributed by atoms with Crippen LogP contribution in [0, 0.1) is 12.8 Å². The molecular formula is C34H45N5O7S. The van der Waals surface area contributed by atoms with Gasteiger partial charge in [0, 0.05) is 30.4 Å². The average Bonchev–Trinajstić information content (AvgIpc) is 3.41. The van der Waals surface area contributed by atoms with E-state index in [9.17, 15) is 18.0 Å². The molecule has 2 amide bonds. The SMILES string of the molecule is COc1c(NC(=O)c2ccc(C)c(Oc3cc(CC4CCN(C(=O)OC(C)(C)C)C4)ncn3)c2)cc(C(C)(C)C)cc1NS(C)(=O)=O. The van der Waals surface area contributed by atoms with E-state index in [2.05, 4.69) is 20.0 Å². The van der Waals surface area contributed by atoms with E-state index in [1.54, 1.807) is 41.3 Å². The first-order valence-corrected chi connectivity index (χ1v) is 17.3. The average molecular weight is 668 g/mol. The number of likely N-dealkylation sites (tertiary alicyclic amines) is 1. The molecule has 2 N–H and O–H groups in total. The van der Waals surface area contributed by atoms with Crippen LogP contribution >= 0.6 is 0 Å². The molecular weight excluding hydrogens is 622 g/mol. The van der Waals surface area contributed by atoms with Crippen LogP contribution in [0.25, 0.3) is 0 Å². The van der Waals surface area contributed by atoms with Crippen molar-refractivity contribution in [3.8, 4) is 17.4 Å². The molecule has 0 saturated carbocycles. The van der Waals surface area contributed by atoms with Gasteiger partial charge in [0.05, 0.1) is 24.7 Å². The molecule has 2 aromatic carbocycles. The Bertz CT molecular complexity index is 1750. The smallest absolute Gasteiger partial charge is 0.410 e. The lowest BCUT2D eigenvalue weighted by atomic mass is 9.86. The molecule has 1 aliphatic heterocycles. The van der Waals surface area contributed by atoms with Crippen molar-refractivity contribution >= 4 is 33.4 Å². The van der Waals surface area contributed by atoms with Gasteiger partial charge < -0.3 is 24.4 Å². The maximum absolute atomic E-state index is 13.5. The van der Waals surface area contributed by atoms with Crippen LogP contribution in [0.2, 0.25) is 0 Å². The summed E-state index contributed by atoms with van der Waals surface area (Å²) in [5, 5.41) is 2.88. The van der Waals surface area contributed by atoms with Crippen LogP contribution in [0.1, 0.15) is 75.1 Å². The van der Waals surface area contributed by atoms with Gasteiger partial charge in [-0.05, 0) is 87.3 Å². The van der Waals surface area contributed by atoms with Gasteiger partial charge in [-0.2, -0.15) is 0 Å². The monoisotopic (exact) mass is 667 g/mol. The predicted molar refractivity (Wildman–Crippen MR) is 181 cm³/mol. The number of hydrogen-bond acceptors (Lipinski definition) is 9. The third-order valence-electron chi connectivity index (χ3n) is 7.50. The second kappa shape index (κ2) is 13.8. The molecule has 0 spiro atoms. The first-order chi connectivity index (χ1) is 21.8. The van der Waals surface area contributed by atoms with Crippen molar-refractivity contribution in [2.75, 3.05) is 36.5 Å². The number of amides is 2. The number of benzene rings is 2. The van der Waals surface area contributed by atoms with E-state index >= 15 is 0 Å². The van der Waals surface area contributed by atoms with Crippen LogP contribution in [-0.2, 0) is 26.6 Å². The van der Waals surface area contributed by atoms with Gasteiger partial charge in [-0.1, -0.05) is 26.8 Å². The Labute approximate surface area is 277 Å². The molecule has 1 fully saturated rings. The Morgan fingerprint density at radius 3 is 2.36 bits per heavy atom. The lowest BCUT2D eigenvalue weighted by molar-refractivity contribution is 0.0288. The first kappa shape index (κ1) is 35.5. The third-order valence-corrected chi connectivity index (χ3v) is 8.09. The Balaban J connectivity index is 1.51. The zero-order valence-corrected chi connectivity index (χ0v) is 29.4.